The molecule has 0 spiro atoms. The molecule has 138 valence electrons. The Bertz CT molecular complexity index is 631. The maximum absolute atomic E-state index is 12.8. The van der Waals surface area contributed by atoms with Gasteiger partial charge in [-0.25, -0.2) is 0 Å². The highest BCUT2D eigenvalue weighted by atomic mass is 35.5. The van der Waals surface area contributed by atoms with Crippen molar-refractivity contribution in [3.63, 3.8) is 0 Å². The molecular weight excluding hydrogens is 338 g/mol. The second kappa shape index (κ2) is 8.19. The van der Waals surface area contributed by atoms with Crippen LogP contribution in [0.2, 0.25) is 0 Å². The highest BCUT2D eigenvalue weighted by Gasteiger charge is 2.40. The van der Waals surface area contributed by atoms with Gasteiger partial charge in [-0.3, -0.25) is 9.59 Å². The molecule has 0 saturated heterocycles. The van der Waals surface area contributed by atoms with Crippen molar-refractivity contribution in [1.29, 1.82) is 0 Å². The molecule has 0 radical (unpaired) electrons. The van der Waals surface area contributed by atoms with Crippen molar-refractivity contribution in [2.75, 3.05) is 6.54 Å². The van der Waals surface area contributed by atoms with E-state index in [1.54, 1.807) is 0 Å². The first-order chi connectivity index (χ1) is 11.5. The van der Waals surface area contributed by atoms with E-state index in [1.807, 2.05) is 24.8 Å². The summed E-state index contributed by atoms with van der Waals surface area (Å²) < 4.78 is 0. The number of carbonyl (C=O) groups excluding carboxylic acids is 2. The first-order valence-electron chi connectivity index (χ1n) is 8.91. The van der Waals surface area contributed by atoms with Crippen molar-refractivity contribution in [2.45, 2.75) is 57.7 Å². The van der Waals surface area contributed by atoms with Gasteiger partial charge in [0.1, 0.15) is 0 Å². The van der Waals surface area contributed by atoms with Crippen molar-refractivity contribution in [2.24, 2.45) is 11.7 Å². The number of benzene rings is 1. The van der Waals surface area contributed by atoms with E-state index in [1.165, 1.54) is 11.1 Å². The number of aryl methyl sites for hydroxylation is 1. The highest BCUT2D eigenvalue weighted by molar-refractivity contribution is 5.88. The summed E-state index contributed by atoms with van der Waals surface area (Å²) in [6.45, 7) is 3.84. The lowest BCUT2D eigenvalue weighted by Gasteiger charge is -2.30. The van der Waals surface area contributed by atoms with E-state index < -0.39 is 6.04 Å². The number of amides is 2. The van der Waals surface area contributed by atoms with Gasteiger partial charge in [-0.05, 0) is 42.7 Å². The standard InChI is InChI=1S/C19H27N3O2.ClH/c1-12(2)18(20)19(24)21-11-17(23)22(14-8-9-14)16-10-7-13-5-3-4-6-15(13)16;/h3-6,12,14,16,18H,7-11,20H2,1-2H3,(H,21,24);1H/t16?,18-;/m0./s1. The molecule has 6 heteroatoms. The van der Waals surface area contributed by atoms with Crippen LogP contribution in [0.5, 0.6) is 0 Å². The summed E-state index contributed by atoms with van der Waals surface area (Å²) in [6.07, 6.45) is 4.11. The van der Waals surface area contributed by atoms with Gasteiger partial charge < -0.3 is 16.0 Å². The molecule has 1 unspecified atom stereocenters. The van der Waals surface area contributed by atoms with Crippen LogP contribution >= 0.6 is 12.4 Å². The Balaban J connectivity index is 0.00000225. The predicted octanol–water partition coefficient (Wildman–Crippen LogP) is 2.19. The van der Waals surface area contributed by atoms with E-state index in [-0.39, 0.29) is 42.7 Å². The van der Waals surface area contributed by atoms with Crippen molar-refractivity contribution < 1.29 is 9.59 Å². The lowest BCUT2D eigenvalue weighted by molar-refractivity contribution is -0.136. The van der Waals surface area contributed by atoms with E-state index >= 15 is 0 Å². The average molecular weight is 366 g/mol. The number of carbonyl (C=O) groups is 2. The summed E-state index contributed by atoms with van der Waals surface area (Å²) in [5.74, 6) is -0.189. The number of fused-ring (bicyclic) bond motifs is 1. The topological polar surface area (TPSA) is 75.4 Å². The van der Waals surface area contributed by atoms with E-state index in [0.29, 0.717) is 6.04 Å². The Morgan fingerprint density at radius 3 is 2.56 bits per heavy atom. The molecule has 1 aromatic rings. The van der Waals surface area contributed by atoms with Crippen LogP contribution < -0.4 is 11.1 Å². The Morgan fingerprint density at radius 2 is 1.92 bits per heavy atom. The molecule has 25 heavy (non-hydrogen) atoms. The first kappa shape index (κ1) is 19.7. The monoisotopic (exact) mass is 365 g/mol. The molecule has 2 aliphatic rings. The average Bonchev–Trinajstić information content (AvgIpc) is 3.32. The maximum atomic E-state index is 12.8. The molecule has 0 aromatic heterocycles. The Labute approximate surface area is 155 Å². The van der Waals surface area contributed by atoms with Crippen LogP contribution in [0.15, 0.2) is 24.3 Å². The molecule has 0 aliphatic heterocycles. The van der Waals surface area contributed by atoms with Crippen LogP contribution in [-0.2, 0) is 16.0 Å². The van der Waals surface area contributed by atoms with Gasteiger partial charge >= 0.3 is 0 Å². The number of nitrogens with one attached hydrogen (secondary N) is 1. The SMILES string of the molecule is CC(C)[C@H](N)C(=O)NCC(=O)N(C1CC1)C1CCc2ccccc21.Cl. The molecule has 3 N–H and O–H groups in total. The molecule has 2 atom stereocenters. The zero-order valence-corrected chi connectivity index (χ0v) is 15.7. The van der Waals surface area contributed by atoms with Gasteiger partial charge in [-0.1, -0.05) is 38.1 Å². The van der Waals surface area contributed by atoms with Crippen molar-refractivity contribution >= 4 is 24.2 Å². The number of hydrogen-bond donors (Lipinski definition) is 2. The minimum atomic E-state index is -0.570. The Morgan fingerprint density at radius 1 is 1.24 bits per heavy atom. The van der Waals surface area contributed by atoms with Gasteiger partial charge in [-0.15, -0.1) is 12.4 Å². The van der Waals surface area contributed by atoms with Gasteiger partial charge in [0.2, 0.25) is 11.8 Å². The largest absolute Gasteiger partial charge is 0.346 e. The smallest absolute Gasteiger partial charge is 0.242 e. The molecule has 2 aliphatic carbocycles. The number of hydrogen-bond acceptors (Lipinski definition) is 3. The molecule has 3 rings (SSSR count). The van der Waals surface area contributed by atoms with Gasteiger partial charge in [0.05, 0.1) is 18.6 Å². The normalized spacial score (nSPS) is 19.8. The van der Waals surface area contributed by atoms with E-state index in [4.69, 9.17) is 5.73 Å². The number of halogens is 1. The molecule has 1 fully saturated rings. The summed E-state index contributed by atoms with van der Waals surface area (Å²) in [5, 5.41) is 2.72. The summed E-state index contributed by atoms with van der Waals surface area (Å²) in [7, 11) is 0. The molecule has 0 heterocycles. The van der Waals surface area contributed by atoms with Gasteiger partial charge in [-0.2, -0.15) is 0 Å². The Kier molecular flexibility index (Phi) is 6.47. The summed E-state index contributed by atoms with van der Waals surface area (Å²) >= 11 is 0. The van der Waals surface area contributed by atoms with Crippen LogP contribution in [0.3, 0.4) is 0 Å². The third kappa shape index (κ3) is 4.33. The highest BCUT2D eigenvalue weighted by Crippen LogP contribution is 2.41. The van der Waals surface area contributed by atoms with Crippen LogP contribution in [0.4, 0.5) is 0 Å². The fraction of sp³-hybridized carbons (Fsp3) is 0.579. The van der Waals surface area contributed by atoms with E-state index in [9.17, 15) is 9.59 Å². The van der Waals surface area contributed by atoms with Gasteiger partial charge in [0.15, 0.2) is 0 Å². The van der Waals surface area contributed by atoms with Crippen LogP contribution in [0.25, 0.3) is 0 Å². The van der Waals surface area contributed by atoms with E-state index in [2.05, 4.69) is 23.5 Å². The number of nitrogens with zero attached hydrogens (tertiary/aromatic N) is 1. The fourth-order valence-corrected chi connectivity index (χ4v) is 3.48. The predicted molar refractivity (Wildman–Crippen MR) is 100 cm³/mol. The second-order valence-electron chi connectivity index (χ2n) is 7.27. The number of rotatable bonds is 6. The lowest BCUT2D eigenvalue weighted by Crippen LogP contribution is -2.48. The lowest BCUT2D eigenvalue weighted by atomic mass is 10.0. The second-order valence-corrected chi connectivity index (χ2v) is 7.27. The van der Waals surface area contributed by atoms with Crippen LogP contribution in [0.1, 0.15) is 50.3 Å². The maximum Gasteiger partial charge on any atom is 0.242 e. The van der Waals surface area contributed by atoms with Crippen molar-refractivity contribution in [1.82, 2.24) is 10.2 Å². The summed E-state index contributed by atoms with van der Waals surface area (Å²) in [6, 6.07) is 8.27. The molecule has 1 aromatic carbocycles. The zero-order valence-electron chi connectivity index (χ0n) is 14.9. The van der Waals surface area contributed by atoms with Crippen LogP contribution in [-0.4, -0.2) is 35.3 Å². The molecular formula is C19H28ClN3O2. The van der Waals surface area contributed by atoms with Gasteiger partial charge in [0.25, 0.3) is 0 Å². The summed E-state index contributed by atoms with van der Waals surface area (Å²) in [5.41, 5.74) is 8.45. The zero-order chi connectivity index (χ0) is 17.3. The third-order valence-corrected chi connectivity index (χ3v) is 5.10. The molecule has 0 bridgehead atoms. The molecule has 2 amide bonds. The molecule has 1 saturated carbocycles. The first-order valence-corrected chi connectivity index (χ1v) is 8.91. The quantitative estimate of drug-likeness (QED) is 0.811. The van der Waals surface area contributed by atoms with Crippen LogP contribution in [0, 0.1) is 5.92 Å². The van der Waals surface area contributed by atoms with Crippen molar-refractivity contribution in [3.8, 4) is 0 Å². The fourth-order valence-electron chi connectivity index (χ4n) is 3.48. The minimum Gasteiger partial charge on any atom is -0.346 e. The van der Waals surface area contributed by atoms with Crippen molar-refractivity contribution in [3.05, 3.63) is 35.4 Å². The summed E-state index contributed by atoms with van der Waals surface area (Å²) in [4.78, 5) is 26.8. The minimum absolute atomic E-state index is 0. The van der Waals surface area contributed by atoms with Gasteiger partial charge in [0, 0.05) is 6.04 Å². The molecule has 5 nitrogen and oxygen atoms in total. The Hall–Kier alpha value is -1.59. The number of nitrogens with two attached hydrogens (primary N) is 1. The third-order valence-electron chi connectivity index (χ3n) is 5.10. The van der Waals surface area contributed by atoms with E-state index in [0.717, 1.165) is 25.7 Å².